The van der Waals surface area contributed by atoms with Crippen molar-refractivity contribution in [1.82, 2.24) is 5.32 Å². The molecule has 1 atom stereocenters. The summed E-state index contributed by atoms with van der Waals surface area (Å²) < 4.78 is 22.0. The van der Waals surface area contributed by atoms with Crippen molar-refractivity contribution in [2.45, 2.75) is 19.9 Å². The zero-order valence-electron chi connectivity index (χ0n) is 16.8. The number of amides is 1. The summed E-state index contributed by atoms with van der Waals surface area (Å²) in [6.45, 7) is 3.86. The molecule has 0 saturated heterocycles. The number of methoxy groups -OCH3 is 3. The molecule has 1 amide bonds. The molecule has 150 valence electrons. The number of benzene rings is 2. The number of carbonyl (C=O) groups is 1. The van der Waals surface area contributed by atoms with Crippen LogP contribution in [0.2, 0.25) is 0 Å². The van der Waals surface area contributed by atoms with Crippen molar-refractivity contribution in [2.75, 3.05) is 21.3 Å². The number of ether oxygens (including phenoxy) is 3. The van der Waals surface area contributed by atoms with E-state index in [1.807, 2.05) is 13.8 Å². The Morgan fingerprint density at radius 3 is 2.10 bits per heavy atom. The first-order chi connectivity index (χ1) is 13.9. The Balaban J connectivity index is 1.97. The van der Waals surface area contributed by atoms with Gasteiger partial charge in [0.15, 0.2) is 16.9 Å². The van der Waals surface area contributed by atoms with Crippen molar-refractivity contribution >= 4 is 16.9 Å². The monoisotopic (exact) mass is 395 g/mol. The van der Waals surface area contributed by atoms with E-state index < -0.39 is 11.9 Å². The lowest BCUT2D eigenvalue weighted by molar-refractivity contribution is 0.0937. The lowest BCUT2D eigenvalue weighted by Crippen LogP contribution is -2.22. The molecule has 0 bridgehead atoms. The van der Waals surface area contributed by atoms with Crippen molar-refractivity contribution in [3.63, 3.8) is 0 Å². The second-order valence-corrected chi connectivity index (χ2v) is 6.97. The largest absolute Gasteiger partial charge is 0.493 e. The summed E-state index contributed by atoms with van der Waals surface area (Å²) in [5, 5.41) is 3.28. The van der Waals surface area contributed by atoms with Crippen LogP contribution in [0.15, 0.2) is 33.5 Å². The maximum absolute atomic E-state index is 13.3. The van der Waals surface area contributed by atoms with Gasteiger partial charge in [-0.2, -0.15) is 0 Å². The van der Waals surface area contributed by atoms with Gasteiger partial charge in [0.05, 0.1) is 38.3 Å². The maximum atomic E-state index is 13.3. The van der Waals surface area contributed by atoms with Crippen LogP contribution in [0.3, 0.4) is 0 Å². The minimum absolute atomic E-state index is 0.0319. The predicted octanol–water partition coefficient (Wildman–Crippen LogP) is 3.27. The fourth-order valence-corrected chi connectivity index (χ4v) is 3.68. The lowest BCUT2D eigenvalue weighted by atomic mass is 9.97. The van der Waals surface area contributed by atoms with Gasteiger partial charge in [0, 0.05) is 0 Å². The molecular weight excluding hydrogens is 374 g/mol. The Kier molecular flexibility index (Phi) is 4.45. The molecule has 0 radical (unpaired) electrons. The molecule has 0 spiro atoms. The highest BCUT2D eigenvalue weighted by Crippen LogP contribution is 2.42. The van der Waals surface area contributed by atoms with E-state index in [0.29, 0.717) is 33.8 Å². The van der Waals surface area contributed by atoms with E-state index in [1.54, 1.807) is 24.3 Å². The molecule has 4 rings (SSSR count). The Morgan fingerprint density at radius 1 is 0.897 bits per heavy atom. The minimum atomic E-state index is -0.687. The van der Waals surface area contributed by atoms with Crippen LogP contribution in [0, 0.1) is 13.8 Å². The summed E-state index contributed by atoms with van der Waals surface area (Å²) >= 11 is 0. The Bertz CT molecular complexity index is 1190. The Hall–Kier alpha value is -3.48. The SMILES string of the molecule is COc1cc(C2NC(=O)c3oc4cc(C)c(C)cc4c(=O)c32)cc(OC)c1OC. The molecule has 2 heterocycles. The number of aryl methyl sites for hydroxylation is 2. The van der Waals surface area contributed by atoms with E-state index in [9.17, 15) is 9.59 Å². The van der Waals surface area contributed by atoms with Gasteiger partial charge >= 0.3 is 0 Å². The van der Waals surface area contributed by atoms with E-state index in [2.05, 4.69) is 5.32 Å². The number of hydrogen-bond acceptors (Lipinski definition) is 6. The second kappa shape index (κ2) is 6.84. The van der Waals surface area contributed by atoms with Gasteiger partial charge in [0.25, 0.3) is 5.91 Å². The summed E-state index contributed by atoms with van der Waals surface area (Å²) in [7, 11) is 4.53. The zero-order chi connectivity index (χ0) is 20.9. The molecule has 7 heteroatoms. The van der Waals surface area contributed by atoms with Crippen LogP contribution in [0.1, 0.15) is 38.9 Å². The van der Waals surface area contributed by atoms with E-state index >= 15 is 0 Å². The first-order valence-corrected chi connectivity index (χ1v) is 9.08. The number of carbonyl (C=O) groups excluding carboxylic acids is 1. The Labute approximate surface area is 167 Å². The maximum Gasteiger partial charge on any atom is 0.288 e. The van der Waals surface area contributed by atoms with Crippen molar-refractivity contribution < 1.29 is 23.4 Å². The van der Waals surface area contributed by atoms with Crippen LogP contribution in [-0.4, -0.2) is 27.2 Å². The Morgan fingerprint density at radius 2 is 1.52 bits per heavy atom. The first kappa shape index (κ1) is 18.9. The van der Waals surface area contributed by atoms with Gasteiger partial charge in [-0.05, 0) is 54.8 Å². The van der Waals surface area contributed by atoms with Gasteiger partial charge < -0.3 is 23.9 Å². The van der Waals surface area contributed by atoms with Crippen molar-refractivity contribution in [3.8, 4) is 17.2 Å². The van der Waals surface area contributed by atoms with Gasteiger partial charge in [0.2, 0.25) is 11.5 Å². The zero-order valence-corrected chi connectivity index (χ0v) is 16.8. The summed E-state index contributed by atoms with van der Waals surface area (Å²) in [6.07, 6.45) is 0. The van der Waals surface area contributed by atoms with E-state index in [-0.39, 0.29) is 16.8 Å². The first-order valence-electron chi connectivity index (χ1n) is 9.08. The molecule has 29 heavy (non-hydrogen) atoms. The molecule has 7 nitrogen and oxygen atoms in total. The minimum Gasteiger partial charge on any atom is -0.493 e. The van der Waals surface area contributed by atoms with Crippen molar-refractivity contribution in [2.24, 2.45) is 0 Å². The van der Waals surface area contributed by atoms with Crippen LogP contribution in [0.5, 0.6) is 17.2 Å². The number of rotatable bonds is 4. The van der Waals surface area contributed by atoms with Crippen LogP contribution in [0.4, 0.5) is 0 Å². The fraction of sp³-hybridized carbons (Fsp3) is 0.273. The van der Waals surface area contributed by atoms with Gasteiger partial charge in [0.1, 0.15) is 5.58 Å². The molecule has 1 unspecified atom stereocenters. The quantitative estimate of drug-likeness (QED) is 0.730. The second-order valence-electron chi connectivity index (χ2n) is 6.97. The number of nitrogens with one attached hydrogen (secondary N) is 1. The highest BCUT2D eigenvalue weighted by molar-refractivity contribution is 5.99. The molecule has 0 saturated carbocycles. The molecule has 1 N–H and O–H groups in total. The summed E-state index contributed by atoms with van der Waals surface area (Å²) in [5.41, 5.74) is 3.03. The summed E-state index contributed by atoms with van der Waals surface area (Å²) in [6, 6.07) is 6.32. The fourth-order valence-electron chi connectivity index (χ4n) is 3.68. The standard InChI is InChI=1S/C22H21NO6/c1-10-6-13-14(7-11(10)2)29-21-17(19(13)24)18(23-22(21)25)12-8-15(26-3)20(28-5)16(9-12)27-4/h6-9,18H,1-5H3,(H,23,25). The van der Waals surface area contributed by atoms with Gasteiger partial charge in [-0.1, -0.05) is 0 Å². The molecular formula is C22H21NO6. The molecule has 1 aliphatic rings. The topological polar surface area (TPSA) is 87.0 Å². The molecule has 3 aromatic rings. The van der Waals surface area contributed by atoms with E-state index in [1.165, 1.54) is 21.3 Å². The average molecular weight is 395 g/mol. The van der Waals surface area contributed by atoms with Crippen LogP contribution < -0.4 is 25.0 Å². The third-order valence-electron chi connectivity index (χ3n) is 5.33. The predicted molar refractivity (Wildman–Crippen MR) is 107 cm³/mol. The van der Waals surface area contributed by atoms with E-state index in [4.69, 9.17) is 18.6 Å². The molecule has 0 fully saturated rings. The summed E-state index contributed by atoms with van der Waals surface area (Å²) in [5.74, 6) is 0.891. The van der Waals surface area contributed by atoms with E-state index in [0.717, 1.165) is 11.1 Å². The number of hydrogen-bond donors (Lipinski definition) is 1. The normalized spacial score (nSPS) is 15.2. The van der Waals surface area contributed by atoms with Crippen LogP contribution in [0.25, 0.3) is 11.0 Å². The average Bonchev–Trinajstić information content (AvgIpc) is 3.05. The van der Waals surface area contributed by atoms with Crippen molar-refractivity contribution in [3.05, 3.63) is 62.5 Å². The van der Waals surface area contributed by atoms with Gasteiger partial charge in [-0.3, -0.25) is 9.59 Å². The van der Waals surface area contributed by atoms with Gasteiger partial charge in [-0.15, -0.1) is 0 Å². The molecule has 2 aromatic carbocycles. The number of fused-ring (bicyclic) bond motifs is 2. The molecule has 1 aromatic heterocycles. The summed E-state index contributed by atoms with van der Waals surface area (Å²) in [4.78, 5) is 25.9. The smallest absolute Gasteiger partial charge is 0.288 e. The van der Waals surface area contributed by atoms with Crippen LogP contribution in [-0.2, 0) is 0 Å². The third kappa shape index (κ3) is 2.81. The molecule has 0 aliphatic carbocycles. The highest BCUT2D eigenvalue weighted by atomic mass is 16.5. The lowest BCUT2D eigenvalue weighted by Gasteiger charge is -2.17. The third-order valence-corrected chi connectivity index (χ3v) is 5.33. The van der Waals surface area contributed by atoms with Gasteiger partial charge in [-0.25, -0.2) is 0 Å². The highest BCUT2D eigenvalue weighted by Gasteiger charge is 2.37. The van der Waals surface area contributed by atoms with Crippen LogP contribution >= 0.6 is 0 Å². The molecule has 1 aliphatic heterocycles. The van der Waals surface area contributed by atoms with Crippen molar-refractivity contribution in [1.29, 1.82) is 0 Å².